The Morgan fingerprint density at radius 1 is 1.19 bits per heavy atom. The van der Waals surface area contributed by atoms with Gasteiger partial charge in [0, 0.05) is 23.3 Å². The highest BCUT2D eigenvalue weighted by Gasteiger charge is 2.10. The van der Waals surface area contributed by atoms with E-state index in [1.807, 2.05) is 18.3 Å². The molecule has 16 heavy (non-hydrogen) atoms. The Hall–Kier alpha value is -2.23. The zero-order valence-corrected chi connectivity index (χ0v) is 8.70. The first kappa shape index (κ1) is 9.03. The second-order valence-corrected chi connectivity index (χ2v) is 3.62. The van der Waals surface area contributed by atoms with Gasteiger partial charge in [0.1, 0.15) is 0 Å². The van der Waals surface area contributed by atoms with Crippen LogP contribution in [0.2, 0.25) is 0 Å². The van der Waals surface area contributed by atoms with Gasteiger partial charge in [0.15, 0.2) is 5.75 Å². The van der Waals surface area contributed by atoms with Crippen LogP contribution in [-0.2, 0) is 0 Å². The summed E-state index contributed by atoms with van der Waals surface area (Å²) in [5.74, 6) is 0.359. The fourth-order valence-corrected chi connectivity index (χ4v) is 2.06. The second-order valence-electron chi connectivity index (χ2n) is 3.62. The summed E-state index contributed by atoms with van der Waals surface area (Å²) < 4.78 is 5.14. The van der Waals surface area contributed by atoms with E-state index in [2.05, 4.69) is 9.97 Å². The quantitative estimate of drug-likeness (QED) is 0.651. The molecule has 0 aliphatic rings. The summed E-state index contributed by atoms with van der Waals surface area (Å²) in [7, 11) is 1.51. The lowest BCUT2D eigenvalue weighted by Crippen LogP contribution is -2.05. The molecule has 1 aromatic carbocycles. The molecule has 2 heterocycles. The van der Waals surface area contributed by atoms with E-state index in [-0.39, 0.29) is 5.43 Å². The number of rotatable bonds is 1. The van der Waals surface area contributed by atoms with Gasteiger partial charge in [0.05, 0.1) is 12.6 Å². The van der Waals surface area contributed by atoms with Crippen molar-refractivity contribution in [2.45, 2.75) is 0 Å². The molecule has 0 atom stereocenters. The largest absolute Gasteiger partial charge is 0.491 e. The van der Waals surface area contributed by atoms with Crippen LogP contribution >= 0.6 is 0 Å². The summed E-state index contributed by atoms with van der Waals surface area (Å²) in [6.07, 6.45) is 3.61. The molecule has 3 aromatic rings. The van der Waals surface area contributed by atoms with Gasteiger partial charge in [0.2, 0.25) is 5.43 Å². The van der Waals surface area contributed by atoms with Gasteiger partial charge >= 0.3 is 0 Å². The highest BCUT2D eigenvalue weighted by atomic mass is 16.5. The van der Waals surface area contributed by atoms with Crippen LogP contribution in [0.25, 0.3) is 21.8 Å². The van der Waals surface area contributed by atoms with Gasteiger partial charge in [-0.25, -0.2) is 0 Å². The summed E-state index contributed by atoms with van der Waals surface area (Å²) >= 11 is 0. The maximum Gasteiger partial charge on any atom is 0.223 e. The molecule has 2 aromatic heterocycles. The third kappa shape index (κ3) is 1.07. The van der Waals surface area contributed by atoms with Crippen molar-refractivity contribution in [3.8, 4) is 5.75 Å². The summed E-state index contributed by atoms with van der Waals surface area (Å²) in [5, 5.41) is 1.90. The van der Waals surface area contributed by atoms with Crippen molar-refractivity contribution in [1.82, 2.24) is 9.97 Å². The van der Waals surface area contributed by atoms with Gasteiger partial charge in [-0.2, -0.15) is 0 Å². The molecule has 3 rings (SSSR count). The first-order valence-corrected chi connectivity index (χ1v) is 4.97. The Balaban J connectivity index is 2.68. The van der Waals surface area contributed by atoms with Crippen LogP contribution < -0.4 is 10.2 Å². The number of aromatic nitrogens is 2. The van der Waals surface area contributed by atoms with Crippen LogP contribution in [0.1, 0.15) is 0 Å². The molecule has 80 valence electrons. The minimum Gasteiger partial charge on any atom is -0.491 e. The van der Waals surface area contributed by atoms with Crippen molar-refractivity contribution in [3.63, 3.8) is 0 Å². The van der Waals surface area contributed by atoms with E-state index < -0.39 is 0 Å². The molecule has 4 heteroatoms. The third-order valence-electron chi connectivity index (χ3n) is 2.73. The Morgan fingerprint density at radius 2 is 2.00 bits per heavy atom. The highest BCUT2D eigenvalue weighted by molar-refractivity contribution is 6.08. The molecule has 0 spiro atoms. The lowest BCUT2D eigenvalue weighted by molar-refractivity contribution is 0.415. The van der Waals surface area contributed by atoms with Crippen molar-refractivity contribution in [2.75, 3.05) is 7.11 Å². The summed E-state index contributed by atoms with van der Waals surface area (Å²) in [5.41, 5.74) is 1.61. The van der Waals surface area contributed by atoms with E-state index in [9.17, 15) is 4.79 Å². The zero-order chi connectivity index (χ0) is 11.1. The molecular formula is C12H10N2O2. The van der Waals surface area contributed by atoms with Crippen LogP contribution in [0.5, 0.6) is 5.75 Å². The van der Waals surface area contributed by atoms with Gasteiger partial charge in [-0.05, 0) is 23.6 Å². The van der Waals surface area contributed by atoms with Crippen LogP contribution in [0, 0.1) is 0 Å². The van der Waals surface area contributed by atoms with E-state index in [1.54, 1.807) is 12.3 Å². The monoisotopic (exact) mass is 214 g/mol. The van der Waals surface area contributed by atoms with Gasteiger partial charge in [0.25, 0.3) is 0 Å². The van der Waals surface area contributed by atoms with Crippen LogP contribution in [0.4, 0.5) is 0 Å². The molecule has 0 aliphatic heterocycles. The van der Waals surface area contributed by atoms with Crippen molar-refractivity contribution in [3.05, 3.63) is 40.8 Å². The molecule has 0 saturated heterocycles. The maximum atomic E-state index is 11.8. The molecule has 0 fully saturated rings. The molecule has 0 aliphatic carbocycles. The zero-order valence-electron chi connectivity index (χ0n) is 8.70. The summed E-state index contributed by atoms with van der Waals surface area (Å²) in [6, 6.07) is 5.40. The van der Waals surface area contributed by atoms with Gasteiger partial charge in [-0.3, -0.25) is 4.79 Å². The van der Waals surface area contributed by atoms with Crippen molar-refractivity contribution in [1.29, 1.82) is 0 Å². The fourth-order valence-electron chi connectivity index (χ4n) is 2.06. The van der Waals surface area contributed by atoms with Crippen LogP contribution in [0.3, 0.4) is 0 Å². The number of aromatic amines is 2. The Morgan fingerprint density at radius 3 is 2.81 bits per heavy atom. The number of methoxy groups -OCH3 is 1. The number of hydrogen-bond donors (Lipinski definition) is 2. The smallest absolute Gasteiger partial charge is 0.223 e. The molecule has 4 nitrogen and oxygen atoms in total. The minimum atomic E-state index is -0.107. The van der Waals surface area contributed by atoms with Crippen molar-refractivity contribution in [2.24, 2.45) is 0 Å². The minimum absolute atomic E-state index is 0.107. The SMILES string of the molecule is COc1c(=O)cc2cc[nH]c3cc[nH]c1c23. The number of pyridine rings is 2. The molecule has 0 radical (unpaired) electrons. The maximum absolute atomic E-state index is 11.8. The standard InChI is InChI=1S/C12H10N2O2/c1-16-12-9(15)6-7-2-4-13-8-3-5-14-11(12)10(7)8/h2-6,13-14H,1H3. The van der Waals surface area contributed by atoms with E-state index in [4.69, 9.17) is 4.74 Å². The number of H-pyrrole nitrogens is 2. The van der Waals surface area contributed by atoms with Crippen molar-refractivity contribution >= 4 is 21.8 Å². The lowest BCUT2D eigenvalue weighted by atomic mass is 10.1. The normalized spacial score (nSPS) is 11.1. The van der Waals surface area contributed by atoms with Crippen molar-refractivity contribution < 1.29 is 4.74 Å². The lowest BCUT2D eigenvalue weighted by Gasteiger charge is -2.08. The van der Waals surface area contributed by atoms with E-state index >= 15 is 0 Å². The third-order valence-corrected chi connectivity index (χ3v) is 2.73. The predicted molar refractivity (Wildman–Crippen MR) is 63.0 cm³/mol. The van der Waals surface area contributed by atoms with Gasteiger partial charge in [-0.1, -0.05) is 0 Å². The van der Waals surface area contributed by atoms with E-state index in [0.29, 0.717) is 5.75 Å². The Labute approximate surface area is 90.9 Å². The molecular weight excluding hydrogens is 204 g/mol. The second kappa shape index (κ2) is 3.13. The number of benzene rings is 1. The van der Waals surface area contributed by atoms with Crippen LogP contribution in [-0.4, -0.2) is 17.1 Å². The molecule has 0 saturated carbocycles. The first-order chi connectivity index (χ1) is 7.81. The topological polar surface area (TPSA) is 57.9 Å². The molecule has 2 N–H and O–H groups in total. The molecule has 0 amide bonds. The molecule has 0 unspecified atom stereocenters. The number of hydrogen-bond acceptors (Lipinski definition) is 2. The van der Waals surface area contributed by atoms with E-state index in [0.717, 1.165) is 21.8 Å². The first-order valence-electron chi connectivity index (χ1n) is 4.97. The Kier molecular flexibility index (Phi) is 1.77. The van der Waals surface area contributed by atoms with E-state index in [1.165, 1.54) is 7.11 Å². The summed E-state index contributed by atoms with van der Waals surface area (Å²) in [6.45, 7) is 0. The average Bonchev–Trinajstić information content (AvgIpc) is 2.30. The van der Waals surface area contributed by atoms with Gasteiger partial charge in [-0.15, -0.1) is 0 Å². The number of nitrogens with one attached hydrogen (secondary N) is 2. The Bertz CT molecular complexity index is 719. The van der Waals surface area contributed by atoms with Crippen LogP contribution in [0.15, 0.2) is 35.4 Å². The van der Waals surface area contributed by atoms with Gasteiger partial charge < -0.3 is 14.7 Å². The predicted octanol–water partition coefficient (Wildman–Crippen LogP) is 2.02. The molecule has 0 bridgehead atoms. The summed E-state index contributed by atoms with van der Waals surface area (Å²) in [4.78, 5) is 18.0. The fraction of sp³-hybridized carbons (Fsp3) is 0.0833. The average molecular weight is 214 g/mol. The highest BCUT2D eigenvalue weighted by Crippen LogP contribution is 2.27. The number of ether oxygens (including phenoxy) is 1.